The molecule has 2 bridgehead atoms. The van der Waals surface area contributed by atoms with Gasteiger partial charge in [-0.25, -0.2) is 0 Å². The average molecular weight is 192 g/mol. The third-order valence-corrected chi connectivity index (χ3v) is 4.60. The lowest BCUT2D eigenvalue weighted by Crippen LogP contribution is -2.43. The monoisotopic (exact) mass is 192 g/mol. The van der Waals surface area contributed by atoms with E-state index in [9.17, 15) is 13.5 Å². The highest BCUT2D eigenvalue weighted by Gasteiger charge is 2.57. The van der Waals surface area contributed by atoms with E-state index in [1.807, 2.05) is 0 Å². The molecule has 2 aliphatic rings. The van der Waals surface area contributed by atoms with Crippen molar-refractivity contribution in [1.82, 2.24) is 0 Å². The topological polar surface area (TPSA) is 74.6 Å². The Morgan fingerprint density at radius 1 is 1.33 bits per heavy atom. The number of hydrogen-bond acceptors (Lipinski definition) is 3. The van der Waals surface area contributed by atoms with Crippen LogP contribution in [-0.2, 0) is 10.1 Å². The van der Waals surface area contributed by atoms with Gasteiger partial charge < -0.3 is 5.11 Å². The number of rotatable bonds is 1. The Kier molecular flexibility index (Phi) is 1.56. The van der Waals surface area contributed by atoms with E-state index in [1.165, 1.54) is 0 Å². The second-order valence-electron chi connectivity index (χ2n) is 3.90. The first-order chi connectivity index (χ1) is 5.43. The van der Waals surface area contributed by atoms with Crippen molar-refractivity contribution >= 4 is 10.1 Å². The molecule has 0 aliphatic heterocycles. The standard InChI is InChI=1S/C7H12O4S/c8-7(12(9,10)11)4-5-1-2-6(7)3-5/h5-6,8H,1-4H2,(H,9,10,11). The molecule has 0 heterocycles. The van der Waals surface area contributed by atoms with Gasteiger partial charge in [-0.15, -0.1) is 0 Å². The first kappa shape index (κ1) is 8.47. The molecule has 0 radical (unpaired) electrons. The van der Waals surface area contributed by atoms with Gasteiger partial charge in [-0.3, -0.25) is 4.55 Å². The van der Waals surface area contributed by atoms with Gasteiger partial charge in [0, 0.05) is 5.92 Å². The fourth-order valence-corrected chi connectivity index (χ4v) is 3.65. The fraction of sp³-hybridized carbons (Fsp3) is 1.00. The van der Waals surface area contributed by atoms with Crippen molar-refractivity contribution in [2.24, 2.45) is 11.8 Å². The first-order valence-electron chi connectivity index (χ1n) is 4.13. The molecule has 2 saturated carbocycles. The number of fused-ring (bicyclic) bond motifs is 2. The molecular formula is C7H12O4S. The molecule has 0 aromatic heterocycles. The summed E-state index contributed by atoms with van der Waals surface area (Å²) in [6.07, 6.45) is 2.68. The number of hydrogen-bond donors (Lipinski definition) is 2. The normalized spacial score (nSPS) is 46.8. The van der Waals surface area contributed by atoms with E-state index in [2.05, 4.69) is 0 Å². The molecule has 0 aromatic rings. The van der Waals surface area contributed by atoms with Crippen LogP contribution in [0.3, 0.4) is 0 Å². The van der Waals surface area contributed by atoms with Gasteiger partial charge in [-0.05, 0) is 31.6 Å². The second-order valence-corrected chi connectivity index (χ2v) is 5.56. The van der Waals surface area contributed by atoms with Gasteiger partial charge in [0.15, 0.2) is 4.93 Å². The van der Waals surface area contributed by atoms with Gasteiger partial charge in [0.25, 0.3) is 10.1 Å². The lowest BCUT2D eigenvalue weighted by atomic mass is 9.97. The van der Waals surface area contributed by atoms with Gasteiger partial charge in [0.1, 0.15) is 0 Å². The van der Waals surface area contributed by atoms with E-state index in [4.69, 9.17) is 4.55 Å². The molecule has 0 amide bonds. The third kappa shape index (κ3) is 0.932. The maximum atomic E-state index is 10.9. The highest BCUT2D eigenvalue weighted by Crippen LogP contribution is 2.52. The third-order valence-electron chi connectivity index (χ3n) is 3.21. The maximum Gasteiger partial charge on any atom is 0.295 e. The quantitative estimate of drug-likeness (QED) is 0.589. The van der Waals surface area contributed by atoms with Crippen LogP contribution in [-0.4, -0.2) is 23.0 Å². The summed E-state index contributed by atoms with van der Waals surface area (Å²) in [7, 11) is -4.28. The number of aliphatic hydroxyl groups is 1. The van der Waals surface area contributed by atoms with Crippen molar-refractivity contribution in [2.45, 2.75) is 30.6 Å². The van der Waals surface area contributed by atoms with Crippen LogP contribution in [0.15, 0.2) is 0 Å². The summed E-state index contributed by atoms with van der Waals surface area (Å²) in [5, 5.41) is 9.68. The molecule has 12 heavy (non-hydrogen) atoms. The summed E-state index contributed by atoms with van der Waals surface area (Å²) in [5.74, 6) is 0.0550. The van der Waals surface area contributed by atoms with Crippen molar-refractivity contribution < 1.29 is 18.1 Å². The summed E-state index contributed by atoms with van der Waals surface area (Å²) in [6.45, 7) is 0. The van der Waals surface area contributed by atoms with Crippen LogP contribution in [0, 0.1) is 11.8 Å². The zero-order valence-corrected chi connectivity index (χ0v) is 7.42. The van der Waals surface area contributed by atoms with Crippen molar-refractivity contribution in [3.05, 3.63) is 0 Å². The predicted octanol–water partition coefficient (Wildman–Crippen LogP) is 0.383. The van der Waals surface area contributed by atoms with Crippen LogP contribution >= 0.6 is 0 Å². The van der Waals surface area contributed by atoms with E-state index in [-0.39, 0.29) is 12.3 Å². The van der Waals surface area contributed by atoms with E-state index >= 15 is 0 Å². The Hall–Kier alpha value is -0.130. The Labute approximate surface area is 71.3 Å². The van der Waals surface area contributed by atoms with Gasteiger partial charge in [-0.1, -0.05) is 0 Å². The lowest BCUT2D eigenvalue weighted by molar-refractivity contribution is 0.0573. The molecule has 5 heteroatoms. The van der Waals surface area contributed by atoms with Gasteiger partial charge in [0.05, 0.1) is 0 Å². The lowest BCUT2D eigenvalue weighted by Gasteiger charge is -2.28. The predicted molar refractivity (Wildman–Crippen MR) is 41.9 cm³/mol. The minimum absolute atomic E-state index is 0.219. The fourth-order valence-electron chi connectivity index (χ4n) is 2.57. The summed E-state index contributed by atoms with van der Waals surface area (Å²) < 4.78 is 30.5. The van der Waals surface area contributed by atoms with E-state index in [0.717, 1.165) is 19.3 Å². The van der Waals surface area contributed by atoms with Crippen molar-refractivity contribution in [1.29, 1.82) is 0 Å². The van der Waals surface area contributed by atoms with Crippen molar-refractivity contribution in [2.75, 3.05) is 0 Å². The Bertz CT molecular complexity index is 297. The van der Waals surface area contributed by atoms with Crippen molar-refractivity contribution in [3.8, 4) is 0 Å². The van der Waals surface area contributed by atoms with Crippen LogP contribution in [0.5, 0.6) is 0 Å². The zero-order chi connectivity index (χ0) is 8.98. The SMILES string of the molecule is O=S(=O)(O)C1(O)CC2CCC1C2. The van der Waals surface area contributed by atoms with Crippen LogP contribution in [0.2, 0.25) is 0 Å². The first-order valence-corrected chi connectivity index (χ1v) is 5.57. The maximum absolute atomic E-state index is 10.9. The second kappa shape index (κ2) is 2.21. The van der Waals surface area contributed by atoms with E-state index in [1.54, 1.807) is 0 Å². The van der Waals surface area contributed by atoms with Crippen LogP contribution in [0.25, 0.3) is 0 Å². The highest BCUT2D eigenvalue weighted by molar-refractivity contribution is 7.87. The molecule has 3 unspecified atom stereocenters. The molecule has 0 saturated heterocycles. The van der Waals surface area contributed by atoms with E-state index < -0.39 is 15.1 Å². The van der Waals surface area contributed by atoms with Gasteiger partial charge >= 0.3 is 0 Å². The smallest absolute Gasteiger partial charge is 0.295 e. The Balaban J connectivity index is 2.36. The van der Waals surface area contributed by atoms with Crippen LogP contribution in [0.1, 0.15) is 25.7 Å². The summed E-state index contributed by atoms with van der Waals surface area (Å²) in [5.41, 5.74) is 0. The molecule has 0 spiro atoms. The molecule has 2 aliphatic carbocycles. The molecule has 70 valence electrons. The molecule has 2 rings (SSSR count). The van der Waals surface area contributed by atoms with Crippen LogP contribution in [0.4, 0.5) is 0 Å². The highest BCUT2D eigenvalue weighted by atomic mass is 32.2. The average Bonchev–Trinajstić information content (AvgIpc) is 2.43. The molecule has 2 N–H and O–H groups in total. The molecule has 3 atom stereocenters. The van der Waals surface area contributed by atoms with Crippen molar-refractivity contribution in [3.63, 3.8) is 0 Å². The zero-order valence-electron chi connectivity index (χ0n) is 6.60. The Morgan fingerprint density at radius 2 is 2.00 bits per heavy atom. The summed E-state index contributed by atoms with van der Waals surface area (Å²) >= 11 is 0. The van der Waals surface area contributed by atoms with E-state index in [0.29, 0.717) is 5.92 Å². The summed E-state index contributed by atoms with van der Waals surface area (Å²) in [4.78, 5) is -1.82. The van der Waals surface area contributed by atoms with Crippen LogP contribution < -0.4 is 0 Å². The minimum atomic E-state index is -4.28. The van der Waals surface area contributed by atoms with Gasteiger partial charge in [0.2, 0.25) is 0 Å². The molecule has 4 nitrogen and oxygen atoms in total. The molecular weight excluding hydrogens is 180 g/mol. The van der Waals surface area contributed by atoms with Gasteiger partial charge in [-0.2, -0.15) is 8.42 Å². The minimum Gasteiger partial charge on any atom is -0.372 e. The molecule has 2 fully saturated rings. The largest absolute Gasteiger partial charge is 0.372 e. The Morgan fingerprint density at radius 3 is 2.25 bits per heavy atom. The molecule has 0 aromatic carbocycles. The summed E-state index contributed by atoms with van der Waals surface area (Å²) in [6, 6.07) is 0.